The number of carbonyl (C=O) groups excluding carboxylic acids is 2. The van der Waals surface area contributed by atoms with Gasteiger partial charge in [0.25, 0.3) is 0 Å². The minimum Gasteiger partial charge on any atom is -0.353 e. The Balaban J connectivity index is 0.00000392. The predicted octanol–water partition coefficient (Wildman–Crippen LogP) is 1.97. The Morgan fingerprint density at radius 1 is 1.11 bits per heavy atom. The summed E-state index contributed by atoms with van der Waals surface area (Å²) in [5.41, 5.74) is 0.460. The SMILES string of the molecule is CCCNCCNC(=O)C1CCCCN1S(=O)(=O)c1ccc(C(C)=O)cc1.Cl. The monoisotopic (exact) mass is 431 g/mol. The number of amides is 1. The molecule has 1 fully saturated rings. The highest BCUT2D eigenvalue weighted by Gasteiger charge is 2.37. The molecule has 2 N–H and O–H groups in total. The molecule has 7 nitrogen and oxygen atoms in total. The maximum absolute atomic E-state index is 13.0. The number of halogens is 1. The van der Waals surface area contributed by atoms with Gasteiger partial charge in [0.1, 0.15) is 6.04 Å². The smallest absolute Gasteiger partial charge is 0.243 e. The summed E-state index contributed by atoms with van der Waals surface area (Å²) in [6.45, 7) is 5.84. The van der Waals surface area contributed by atoms with E-state index in [0.717, 1.165) is 25.8 Å². The second-order valence-corrected chi connectivity index (χ2v) is 8.64. The molecular weight excluding hydrogens is 402 g/mol. The first kappa shape index (κ1) is 24.6. The van der Waals surface area contributed by atoms with E-state index >= 15 is 0 Å². The Morgan fingerprint density at radius 3 is 2.39 bits per heavy atom. The average Bonchev–Trinajstić information content (AvgIpc) is 2.67. The highest BCUT2D eigenvalue weighted by molar-refractivity contribution is 7.89. The van der Waals surface area contributed by atoms with Crippen molar-refractivity contribution in [3.05, 3.63) is 29.8 Å². The van der Waals surface area contributed by atoms with Gasteiger partial charge in [0.05, 0.1) is 4.90 Å². The fraction of sp³-hybridized carbons (Fsp3) is 0.579. The Bertz CT molecular complexity index is 753. The molecule has 2 rings (SSSR count). The zero-order valence-electron chi connectivity index (χ0n) is 16.4. The lowest BCUT2D eigenvalue weighted by Crippen LogP contribution is -2.52. The normalized spacial score (nSPS) is 17.6. The van der Waals surface area contributed by atoms with E-state index in [1.54, 1.807) is 0 Å². The first-order chi connectivity index (χ1) is 12.9. The van der Waals surface area contributed by atoms with Gasteiger partial charge in [-0.05, 0) is 44.9 Å². The third-order valence-electron chi connectivity index (χ3n) is 4.65. The largest absolute Gasteiger partial charge is 0.353 e. The molecule has 1 saturated heterocycles. The van der Waals surface area contributed by atoms with Crippen molar-refractivity contribution in [2.24, 2.45) is 0 Å². The zero-order valence-corrected chi connectivity index (χ0v) is 18.1. The fourth-order valence-electron chi connectivity index (χ4n) is 3.15. The van der Waals surface area contributed by atoms with E-state index in [0.29, 0.717) is 31.6 Å². The van der Waals surface area contributed by atoms with Crippen LogP contribution in [-0.2, 0) is 14.8 Å². The van der Waals surface area contributed by atoms with E-state index in [1.165, 1.54) is 35.5 Å². The maximum Gasteiger partial charge on any atom is 0.243 e. The van der Waals surface area contributed by atoms with E-state index in [1.807, 2.05) is 0 Å². The van der Waals surface area contributed by atoms with Gasteiger partial charge in [-0.15, -0.1) is 12.4 Å². The number of benzene rings is 1. The van der Waals surface area contributed by atoms with Crippen LogP contribution in [0.4, 0.5) is 0 Å². The number of nitrogens with one attached hydrogen (secondary N) is 2. The third kappa shape index (κ3) is 6.27. The molecule has 158 valence electrons. The van der Waals surface area contributed by atoms with Crippen LogP contribution in [-0.4, -0.2) is 56.6 Å². The van der Waals surface area contributed by atoms with Gasteiger partial charge in [-0.1, -0.05) is 25.5 Å². The average molecular weight is 432 g/mol. The molecule has 1 unspecified atom stereocenters. The summed E-state index contributed by atoms with van der Waals surface area (Å²) < 4.78 is 27.4. The van der Waals surface area contributed by atoms with Gasteiger partial charge in [0.15, 0.2) is 5.78 Å². The summed E-state index contributed by atoms with van der Waals surface area (Å²) in [6, 6.07) is 5.19. The number of Topliss-reactive ketones (excluding diaryl/α,β-unsaturated/α-hetero) is 1. The number of carbonyl (C=O) groups is 2. The summed E-state index contributed by atoms with van der Waals surface area (Å²) in [5.74, 6) is -0.372. The summed E-state index contributed by atoms with van der Waals surface area (Å²) >= 11 is 0. The number of sulfonamides is 1. The van der Waals surface area contributed by atoms with E-state index in [9.17, 15) is 18.0 Å². The van der Waals surface area contributed by atoms with Crippen molar-refractivity contribution in [2.75, 3.05) is 26.2 Å². The number of ketones is 1. The number of hydrogen-bond donors (Lipinski definition) is 2. The van der Waals surface area contributed by atoms with Crippen molar-refractivity contribution in [2.45, 2.75) is 50.5 Å². The number of rotatable bonds is 9. The molecule has 1 atom stereocenters. The molecule has 1 aromatic carbocycles. The summed E-state index contributed by atoms with van der Waals surface area (Å²) in [7, 11) is -3.79. The molecule has 0 saturated carbocycles. The second-order valence-electron chi connectivity index (χ2n) is 6.75. The van der Waals surface area contributed by atoms with Gasteiger partial charge in [-0.2, -0.15) is 4.31 Å². The van der Waals surface area contributed by atoms with Crippen LogP contribution in [0.1, 0.15) is 49.9 Å². The lowest BCUT2D eigenvalue weighted by atomic mass is 10.0. The molecular formula is C19H30ClN3O4S. The summed E-state index contributed by atoms with van der Waals surface area (Å²) in [4.78, 5) is 24.1. The van der Waals surface area contributed by atoms with Gasteiger partial charge in [-0.3, -0.25) is 9.59 Å². The van der Waals surface area contributed by atoms with Gasteiger partial charge in [0.2, 0.25) is 15.9 Å². The zero-order chi connectivity index (χ0) is 19.9. The molecule has 0 aliphatic carbocycles. The van der Waals surface area contributed by atoms with E-state index in [2.05, 4.69) is 17.6 Å². The molecule has 0 radical (unpaired) electrons. The Labute approximate surface area is 173 Å². The van der Waals surface area contributed by atoms with Crippen molar-refractivity contribution in [3.8, 4) is 0 Å². The minimum atomic E-state index is -3.79. The third-order valence-corrected chi connectivity index (χ3v) is 6.57. The Hall–Kier alpha value is -1.48. The van der Waals surface area contributed by atoms with Crippen molar-refractivity contribution in [1.29, 1.82) is 0 Å². The quantitative estimate of drug-likeness (QED) is 0.460. The topological polar surface area (TPSA) is 95.6 Å². The van der Waals surface area contributed by atoms with Gasteiger partial charge in [-0.25, -0.2) is 8.42 Å². The van der Waals surface area contributed by atoms with Gasteiger partial charge >= 0.3 is 0 Å². The molecule has 1 aliphatic rings. The number of nitrogens with zero attached hydrogens (tertiary/aromatic N) is 1. The number of hydrogen-bond acceptors (Lipinski definition) is 5. The first-order valence-electron chi connectivity index (χ1n) is 9.49. The Kier molecular flexibility index (Phi) is 10.1. The molecule has 1 amide bonds. The first-order valence-corrected chi connectivity index (χ1v) is 10.9. The van der Waals surface area contributed by atoms with Crippen molar-refractivity contribution in [3.63, 3.8) is 0 Å². The molecule has 9 heteroatoms. The van der Waals surface area contributed by atoms with Crippen molar-refractivity contribution < 1.29 is 18.0 Å². The summed E-state index contributed by atoms with van der Waals surface area (Å²) in [5, 5.41) is 6.04. The highest BCUT2D eigenvalue weighted by atomic mass is 35.5. The van der Waals surface area contributed by atoms with Crippen LogP contribution in [0.3, 0.4) is 0 Å². The molecule has 0 spiro atoms. The maximum atomic E-state index is 13.0. The molecule has 28 heavy (non-hydrogen) atoms. The van der Waals surface area contributed by atoms with Gasteiger partial charge < -0.3 is 10.6 Å². The van der Waals surface area contributed by atoms with Crippen LogP contribution in [0.15, 0.2) is 29.2 Å². The van der Waals surface area contributed by atoms with Crippen LogP contribution >= 0.6 is 12.4 Å². The summed E-state index contributed by atoms with van der Waals surface area (Å²) in [6.07, 6.45) is 3.08. The molecule has 1 aliphatic heterocycles. The lowest BCUT2D eigenvalue weighted by Gasteiger charge is -2.33. The van der Waals surface area contributed by atoms with Crippen LogP contribution in [0.5, 0.6) is 0 Å². The van der Waals surface area contributed by atoms with Crippen LogP contribution in [0, 0.1) is 0 Å². The van der Waals surface area contributed by atoms with Crippen LogP contribution < -0.4 is 10.6 Å². The van der Waals surface area contributed by atoms with Crippen LogP contribution in [0.2, 0.25) is 0 Å². The van der Waals surface area contributed by atoms with Gasteiger partial charge in [0, 0.05) is 25.2 Å². The van der Waals surface area contributed by atoms with Crippen LogP contribution in [0.25, 0.3) is 0 Å². The predicted molar refractivity (Wildman–Crippen MR) is 111 cm³/mol. The molecule has 1 heterocycles. The fourth-order valence-corrected chi connectivity index (χ4v) is 4.80. The van der Waals surface area contributed by atoms with E-state index < -0.39 is 16.1 Å². The number of piperidine rings is 1. The highest BCUT2D eigenvalue weighted by Crippen LogP contribution is 2.25. The molecule has 0 aromatic heterocycles. The van der Waals surface area contributed by atoms with E-state index in [4.69, 9.17) is 0 Å². The molecule has 1 aromatic rings. The lowest BCUT2D eigenvalue weighted by molar-refractivity contribution is -0.125. The van der Waals surface area contributed by atoms with Crippen molar-refractivity contribution in [1.82, 2.24) is 14.9 Å². The Morgan fingerprint density at radius 2 is 1.79 bits per heavy atom. The standard InChI is InChI=1S/C19H29N3O4S.ClH/c1-3-11-20-12-13-21-19(24)18-6-4-5-14-22(18)27(25,26)17-9-7-16(8-10-17)15(2)23;/h7-10,18,20H,3-6,11-14H2,1-2H3,(H,21,24);1H. The second kappa shape index (κ2) is 11.5. The van der Waals surface area contributed by atoms with E-state index in [-0.39, 0.29) is 29.0 Å². The van der Waals surface area contributed by atoms with Crippen molar-refractivity contribution >= 4 is 34.1 Å². The minimum absolute atomic E-state index is 0. The molecule has 0 bridgehead atoms.